The van der Waals surface area contributed by atoms with E-state index in [1.165, 1.54) is 22.4 Å². The first kappa shape index (κ1) is 26.1. The maximum absolute atomic E-state index is 12.2. The average Bonchev–Trinajstić information content (AvgIpc) is 2.85. The lowest BCUT2D eigenvalue weighted by molar-refractivity contribution is -0.0221. The molecule has 194 valence electrons. The first-order chi connectivity index (χ1) is 17.8. The average molecular weight is 630 g/mol. The Morgan fingerprint density at radius 3 is 2.35 bits per heavy atom. The van der Waals surface area contributed by atoms with Crippen LogP contribution in [-0.4, -0.2) is 42.3 Å². The number of ether oxygens (including phenoxy) is 2. The number of para-hydroxylation sites is 1. The molecule has 6 nitrogen and oxygen atoms in total. The van der Waals surface area contributed by atoms with Gasteiger partial charge in [0.1, 0.15) is 29.7 Å². The number of nitrogens with zero attached hydrogens (tertiary/aromatic N) is 2. The zero-order chi connectivity index (χ0) is 26.0. The Hall–Kier alpha value is -2.51. The minimum absolute atomic E-state index is 0.0216. The summed E-state index contributed by atoms with van der Waals surface area (Å²) in [7, 11) is 0. The molecule has 2 aliphatic heterocycles. The van der Waals surface area contributed by atoms with Crippen LogP contribution in [0.2, 0.25) is 0 Å². The number of halogens is 1. The second kappa shape index (κ2) is 11.1. The molecule has 2 unspecified atom stereocenters. The Labute approximate surface area is 233 Å². The first-order valence-electron chi connectivity index (χ1n) is 12.5. The van der Waals surface area contributed by atoms with Crippen LogP contribution in [0.25, 0.3) is 0 Å². The van der Waals surface area contributed by atoms with E-state index in [9.17, 15) is 4.79 Å². The minimum atomic E-state index is -0.491. The molecule has 0 spiro atoms. The van der Waals surface area contributed by atoms with Crippen molar-refractivity contribution in [2.45, 2.75) is 44.9 Å². The molecule has 2 heterocycles. The molecule has 1 amide bonds. The third kappa shape index (κ3) is 6.15. The van der Waals surface area contributed by atoms with E-state index in [0.29, 0.717) is 19.5 Å². The topological polar surface area (TPSA) is 51.2 Å². The molecule has 0 N–H and O–H groups in total. The van der Waals surface area contributed by atoms with Crippen molar-refractivity contribution >= 4 is 40.3 Å². The molecule has 0 saturated carbocycles. The van der Waals surface area contributed by atoms with Gasteiger partial charge in [0.2, 0.25) is 0 Å². The molecule has 0 aromatic heterocycles. The fourth-order valence-corrected chi connectivity index (χ4v) is 5.86. The van der Waals surface area contributed by atoms with Gasteiger partial charge in [0, 0.05) is 12.2 Å². The van der Waals surface area contributed by atoms with E-state index in [1.807, 2.05) is 32.9 Å². The van der Waals surface area contributed by atoms with Crippen molar-refractivity contribution in [1.29, 1.82) is 0 Å². The van der Waals surface area contributed by atoms with Gasteiger partial charge in [0.25, 0.3) is 0 Å². The van der Waals surface area contributed by atoms with Gasteiger partial charge in [-0.05, 0) is 102 Å². The maximum Gasteiger partial charge on any atom is 0.410 e. The SMILES string of the molecule is CC(C)(C)OC(=O)N1CC(Oc2ccc(C3c4ccc(OPI)cc4CCN3c3ccccc3)cc2)C1. The van der Waals surface area contributed by atoms with Crippen molar-refractivity contribution in [1.82, 2.24) is 4.90 Å². The third-order valence-electron chi connectivity index (χ3n) is 6.59. The second-order valence-electron chi connectivity index (χ2n) is 10.4. The van der Waals surface area contributed by atoms with Crippen LogP contribution in [0, 0.1) is 0 Å². The van der Waals surface area contributed by atoms with Gasteiger partial charge in [-0.2, -0.15) is 0 Å². The number of amides is 1. The van der Waals surface area contributed by atoms with E-state index < -0.39 is 5.60 Å². The smallest absolute Gasteiger partial charge is 0.410 e. The fraction of sp³-hybridized carbons (Fsp3) is 0.345. The Morgan fingerprint density at radius 1 is 0.973 bits per heavy atom. The van der Waals surface area contributed by atoms with Gasteiger partial charge in [0.05, 0.1) is 19.1 Å². The third-order valence-corrected chi connectivity index (χ3v) is 7.56. The van der Waals surface area contributed by atoms with Gasteiger partial charge in [0.15, 0.2) is 0 Å². The molecule has 3 aromatic carbocycles. The van der Waals surface area contributed by atoms with Gasteiger partial charge in [-0.1, -0.05) is 36.4 Å². The lowest BCUT2D eigenvalue weighted by Gasteiger charge is -2.40. The van der Waals surface area contributed by atoms with Crippen LogP contribution in [0.15, 0.2) is 72.8 Å². The first-order valence-corrected chi connectivity index (χ1v) is 16.5. The summed E-state index contributed by atoms with van der Waals surface area (Å²) in [6.45, 7) is 8.04. The summed E-state index contributed by atoms with van der Waals surface area (Å²) in [5, 5.41) is 0. The number of likely N-dealkylation sites (tertiary alicyclic amines) is 1. The second-order valence-corrected chi connectivity index (χ2v) is 12.1. The van der Waals surface area contributed by atoms with Crippen LogP contribution in [-0.2, 0) is 11.2 Å². The van der Waals surface area contributed by atoms with Crippen LogP contribution < -0.4 is 14.2 Å². The molecule has 2 aliphatic rings. The van der Waals surface area contributed by atoms with E-state index in [1.54, 1.807) is 4.90 Å². The molecular weight excluding hydrogens is 598 g/mol. The molecule has 1 fully saturated rings. The molecule has 3 aromatic rings. The fourth-order valence-electron chi connectivity index (χ4n) is 4.88. The number of carbonyl (C=O) groups excluding carboxylic acids is 1. The minimum Gasteiger partial charge on any atom is -0.487 e. The lowest BCUT2D eigenvalue weighted by atomic mass is 9.87. The summed E-state index contributed by atoms with van der Waals surface area (Å²) in [4.78, 5) is 16.4. The van der Waals surface area contributed by atoms with Gasteiger partial charge >= 0.3 is 6.09 Å². The van der Waals surface area contributed by atoms with E-state index in [-0.39, 0.29) is 18.2 Å². The Bertz CT molecular complexity index is 1230. The summed E-state index contributed by atoms with van der Waals surface area (Å²) in [6, 6.07) is 25.6. The quantitative estimate of drug-likeness (QED) is 0.214. The molecule has 0 aliphatic carbocycles. The molecule has 0 bridgehead atoms. The van der Waals surface area contributed by atoms with Crippen molar-refractivity contribution in [2.24, 2.45) is 0 Å². The summed E-state index contributed by atoms with van der Waals surface area (Å²) >= 11 is 2.26. The Kier molecular flexibility index (Phi) is 7.82. The van der Waals surface area contributed by atoms with Gasteiger partial charge in [-0.3, -0.25) is 0 Å². The Morgan fingerprint density at radius 2 is 1.68 bits per heavy atom. The number of fused-ring (bicyclic) bond motifs is 1. The maximum atomic E-state index is 12.2. The van der Waals surface area contributed by atoms with Crippen LogP contribution in [0.3, 0.4) is 0 Å². The van der Waals surface area contributed by atoms with Crippen LogP contribution in [0.4, 0.5) is 10.5 Å². The largest absolute Gasteiger partial charge is 0.487 e. The predicted octanol–water partition coefficient (Wildman–Crippen LogP) is 7.16. The highest BCUT2D eigenvalue weighted by atomic mass is 127. The number of hydrogen-bond acceptors (Lipinski definition) is 5. The number of hydrogen-bond donors (Lipinski definition) is 0. The highest BCUT2D eigenvalue weighted by Gasteiger charge is 2.35. The summed E-state index contributed by atoms with van der Waals surface area (Å²) in [5.41, 5.74) is 4.57. The van der Waals surface area contributed by atoms with Gasteiger partial charge < -0.3 is 23.8 Å². The molecule has 8 heteroatoms. The van der Waals surface area contributed by atoms with E-state index >= 15 is 0 Å². The normalized spacial score (nSPS) is 17.9. The van der Waals surface area contributed by atoms with Crippen LogP contribution in [0.5, 0.6) is 11.5 Å². The number of benzene rings is 3. The predicted molar refractivity (Wildman–Crippen MR) is 157 cm³/mol. The standard InChI is InChI=1S/C29H32IN2O4P/c1-29(2,3)35-28(33)31-18-25(19-31)34-23-11-9-20(10-12-23)27-26-14-13-24(36-37-30)17-21(26)15-16-32(27)22-7-5-4-6-8-22/h4-14,17,25,27,37H,15-16,18-19H2,1-3H3. The zero-order valence-corrected chi connectivity index (χ0v) is 24.5. The monoisotopic (exact) mass is 630 g/mol. The number of anilines is 1. The van der Waals surface area contributed by atoms with E-state index in [0.717, 1.165) is 24.5 Å². The Balaban J connectivity index is 1.33. The van der Waals surface area contributed by atoms with Crippen LogP contribution in [0.1, 0.15) is 43.5 Å². The molecule has 1 saturated heterocycles. The van der Waals surface area contributed by atoms with Gasteiger partial charge in [-0.25, -0.2) is 4.79 Å². The highest BCUT2D eigenvalue weighted by molar-refractivity contribution is 14.2. The molecule has 5 rings (SSSR count). The number of rotatable bonds is 6. The summed E-state index contributed by atoms with van der Waals surface area (Å²) in [6.07, 6.45) is 0.665. The highest BCUT2D eigenvalue weighted by Crippen LogP contribution is 2.41. The lowest BCUT2D eigenvalue weighted by Crippen LogP contribution is -2.57. The molecule has 37 heavy (non-hydrogen) atoms. The van der Waals surface area contributed by atoms with Crippen molar-refractivity contribution < 1.29 is 18.8 Å². The molecule has 2 atom stereocenters. The van der Waals surface area contributed by atoms with Crippen molar-refractivity contribution in [3.05, 3.63) is 89.5 Å². The van der Waals surface area contributed by atoms with E-state index in [4.69, 9.17) is 14.0 Å². The zero-order valence-electron chi connectivity index (χ0n) is 21.3. The molecule has 0 radical (unpaired) electrons. The van der Waals surface area contributed by atoms with Crippen LogP contribution >= 0.6 is 28.5 Å². The van der Waals surface area contributed by atoms with E-state index in [2.05, 4.69) is 87.6 Å². The van der Waals surface area contributed by atoms with Gasteiger partial charge in [-0.15, -0.1) is 0 Å². The van der Waals surface area contributed by atoms with Crippen molar-refractivity contribution in [3.8, 4) is 11.5 Å². The van der Waals surface area contributed by atoms with Crippen molar-refractivity contribution in [2.75, 3.05) is 24.5 Å². The molecular formula is C29H32IN2O4P. The van der Waals surface area contributed by atoms with Crippen molar-refractivity contribution in [3.63, 3.8) is 0 Å². The summed E-state index contributed by atoms with van der Waals surface area (Å²) < 4.78 is 17.4. The number of carbonyl (C=O) groups is 1. The summed E-state index contributed by atoms with van der Waals surface area (Å²) in [5.74, 6) is 1.75.